The lowest BCUT2D eigenvalue weighted by molar-refractivity contribution is -0.144. The second kappa shape index (κ2) is 13.5. The summed E-state index contributed by atoms with van der Waals surface area (Å²) in [4.78, 5) is 59.6. The molecule has 6 atom stereocenters. The minimum Gasteiger partial charge on any atom is -0.481 e. The quantitative estimate of drug-likeness (QED) is 0.164. The van der Waals surface area contributed by atoms with E-state index in [4.69, 9.17) is 10.8 Å². The van der Waals surface area contributed by atoms with Gasteiger partial charge in [0.1, 0.15) is 18.1 Å². The van der Waals surface area contributed by atoms with Crippen molar-refractivity contribution in [3.8, 4) is 0 Å². The number of carboxylic acid groups (broad SMARTS) is 2. The topological polar surface area (TPSA) is 208 Å². The molecule has 8 N–H and O–H groups in total. The Morgan fingerprint density at radius 3 is 1.71 bits per heavy atom. The number of hydrogen-bond donors (Lipinski definition) is 7. The number of rotatable bonds is 14. The van der Waals surface area contributed by atoms with E-state index in [2.05, 4.69) is 16.0 Å². The minimum absolute atomic E-state index is 0.224. The summed E-state index contributed by atoms with van der Waals surface area (Å²) < 4.78 is 0. The number of nitrogens with two attached hydrogens (primary N) is 1. The van der Waals surface area contributed by atoms with Gasteiger partial charge < -0.3 is 37.0 Å². The van der Waals surface area contributed by atoms with Crippen LogP contribution in [0.5, 0.6) is 0 Å². The van der Waals surface area contributed by atoms with E-state index in [0.29, 0.717) is 12.8 Å². The fourth-order valence-electron chi connectivity index (χ4n) is 2.57. The summed E-state index contributed by atoms with van der Waals surface area (Å²) in [6.07, 6.45) is 0.254. The molecule has 0 saturated heterocycles. The SMILES string of the molecule is CCC(C)C(N)C(=O)NC(CC(=O)O)C(=O)NC(CO)C(=O)NC(C(=O)O)C(C)CC. The molecule has 0 aromatic carbocycles. The van der Waals surface area contributed by atoms with Gasteiger partial charge in [0.2, 0.25) is 17.7 Å². The Morgan fingerprint density at radius 1 is 0.806 bits per heavy atom. The summed E-state index contributed by atoms with van der Waals surface area (Å²) in [7, 11) is 0. The van der Waals surface area contributed by atoms with Gasteiger partial charge in [-0.3, -0.25) is 19.2 Å². The van der Waals surface area contributed by atoms with E-state index in [1.165, 1.54) is 0 Å². The average Bonchev–Trinajstić information content (AvgIpc) is 2.72. The van der Waals surface area contributed by atoms with Gasteiger partial charge in [0, 0.05) is 0 Å². The van der Waals surface area contributed by atoms with Crippen LogP contribution in [-0.2, 0) is 24.0 Å². The van der Waals surface area contributed by atoms with Crippen LogP contribution in [0.3, 0.4) is 0 Å². The van der Waals surface area contributed by atoms with Crippen LogP contribution in [0.2, 0.25) is 0 Å². The van der Waals surface area contributed by atoms with Gasteiger partial charge in [-0.15, -0.1) is 0 Å². The van der Waals surface area contributed by atoms with Crippen molar-refractivity contribution in [1.29, 1.82) is 0 Å². The minimum atomic E-state index is -1.55. The van der Waals surface area contributed by atoms with Gasteiger partial charge in [-0.1, -0.05) is 40.5 Å². The van der Waals surface area contributed by atoms with Crippen molar-refractivity contribution in [1.82, 2.24) is 16.0 Å². The molecule has 0 aromatic rings. The molecule has 0 saturated carbocycles. The molecular formula is C19H34N4O8. The molecule has 0 spiro atoms. The molecule has 0 radical (unpaired) electrons. The predicted molar refractivity (Wildman–Crippen MR) is 110 cm³/mol. The highest BCUT2D eigenvalue weighted by molar-refractivity contribution is 5.95. The van der Waals surface area contributed by atoms with Gasteiger partial charge in [0.15, 0.2) is 0 Å². The fourth-order valence-corrected chi connectivity index (χ4v) is 2.57. The molecule has 0 aromatic heterocycles. The first-order valence-corrected chi connectivity index (χ1v) is 10.1. The third-order valence-corrected chi connectivity index (χ3v) is 5.16. The molecule has 0 fully saturated rings. The van der Waals surface area contributed by atoms with Gasteiger partial charge >= 0.3 is 11.9 Å². The first kappa shape index (κ1) is 28.3. The van der Waals surface area contributed by atoms with Gasteiger partial charge in [-0.25, -0.2) is 4.79 Å². The van der Waals surface area contributed by atoms with Crippen LogP contribution >= 0.6 is 0 Å². The predicted octanol–water partition coefficient (Wildman–Crippen LogP) is -1.59. The smallest absolute Gasteiger partial charge is 0.326 e. The van der Waals surface area contributed by atoms with Gasteiger partial charge in [0.05, 0.1) is 19.1 Å². The van der Waals surface area contributed by atoms with Gasteiger partial charge in [0.25, 0.3) is 0 Å². The molecule has 0 aliphatic rings. The maximum atomic E-state index is 12.5. The molecule has 178 valence electrons. The number of amides is 3. The van der Waals surface area contributed by atoms with Gasteiger partial charge in [-0.2, -0.15) is 0 Å². The monoisotopic (exact) mass is 446 g/mol. The Bertz CT molecular complexity index is 657. The highest BCUT2D eigenvalue weighted by atomic mass is 16.4. The van der Waals surface area contributed by atoms with Gasteiger partial charge in [-0.05, 0) is 11.8 Å². The van der Waals surface area contributed by atoms with E-state index in [0.717, 1.165) is 0 Å². The lowest BCUT2D eigenvalue weighted by Crippen LogP contribution is -2.59. The van der Waals surface area contributed by atoms with E-state index >= 15 is 0 Å². The molecule has 31 heavy (non-hydrogen) atoms. The summed E-state index contributed by atoms with van der Waals surface area (Å²) in [5, 5.41) is 34.5. The molecule has 0 aliphatic heterocycles. The van der Waals surface area contributed by atoms with Crippen molar-refractivity contribution in [2.45, 2.75) is 71.1 Å². The Kier molecular flexibility index (Phi) is 12.4. The van der Waals surface area contributed by atoms with Crippen LogP contribution in [0.4, 0.5) is 0 Å². The lowest BCUT2D eigenvalue weighted by Gasteiger charge is -2.25. The van der Waals surface area contributed by atoms with E-state index in [1.54, 1.807) is 20.8 Å². The molecular weight excluding hydrogens is 412 g/mol. The highest BCUT2D eigenvalue weighted by Gasteiger charge is 2.32. The number of aliphatic hydroxyl groups excluding tert-OH is 1. The third-order valence-electron chi connectivity index (χ3n) is 5.16. The molecule has 12 nitrogen and oxygen atoms in total. The number of nitrogens with one attached hydrogen (secondary N) is 3. The maximum Gasteiger partial charge on any atom is 0.326 e. The lowest BCUT2D eigenvalue weighted by atomic mass is 9.98. The first-order valence-electron chi connectivity index (χ1n) is 10.1. The maximum absolute atomic E-state index is 12.5. The average molecular weight is 447 g/mol. The van der Waals surface area contributed by atoms with Crippen LogP contribution in [0, 0.1) is 11.8 Å². The Hall–Kier alpha value is -2.73. The van der Waals surface area contributed by atoms with E-state index in [1.807, 2.05) is 6.92 Å². The van der Waals surface area contributed by atoms with E-state index < -0.39 is 72.8 Å². The second-order valence-electron chi connectivity index (χ2n) is 7.52. The number of hydrogen-bond acceptors (Lipinski definition) is 7. The molecule has 0 aliphatic carbocycles. The number of carboxylic acids is 2. The summed E-state index contributed by atoms with van der Waals surface area (Å²) in [6.45, 7) is 6.02. The molecule has 12 heteroatoms. The highest BCUT2D eigenvalue weighted by Crippen LogP contribution is 2.09. The Balaban J connectivity index is 5.34. The molecule has 0 rings (SSSR count). The fraction of sp³-hybridized carbons (Fsp3) is 0.737. The zero-order chi connectivity index (χ0) is 24.3. The van der Waals surface area contributed by atoms with Crippen molar-refractivity contribution in [3.63, 3.8) is 0 Å². The summed E-state index contributed by atoms with van der Waals surface area (Å²) in [6, 6.07) is -5.31. The molecule has 6 unspecified atom stereocenters. The van der Waals surface area contributed by atoms with Crippen molar-refractivity contribution in [2.75, 3.05) is 6.61 Å². The summed E-state index contributed by atoms with van der Waals surface area (Å²) in [5.41, 5.74) is 5.80. The van der Waals surface area contributed by atoms with Crippen LogP contribution in [0.1, 0.15) is 47.0 Å². The third kappa shape index (κ3) is 9.30. The molecule has 0 bridgehead atoms. The zero-order valence-electron chi connectivity index (χ0n) is 18.3. The summed E-state index contributed by atoms with van der Waals surface area (Å²) in [5.74, 6) is -6.03. The van der Waals surface area contributed by atoms with Crippen LogP contribution in [0.25, 0.3) is 0 Å². The zero-order valence-corrected chi connectivity index (χ0v) is 18.3. The normalized spacial score (nSPS) is 16.7. The van der Waals surface area contributed by atoms with Crippen LogP contribution in [0.15, 0.2) is 0 Å². The van der Waals surface area contributed by atoms with E-state index in [9.17, 15) is 34.2 Å². The van der Waals surface area contributed by atoms with Crippen LogP contribution < -0.4 is 21.7 Å². The van der Waals surface area contributed by atoms with Crippen molar-refractivity contribution < 1.29 is 39.3 Å². The van der Waals surface area contributed by atoms with Crippen molar-refractivity contribution >= 4 is 29.7 Å². The van der Waals surface area contributed by atoms with Crippen molar-refractivity contribution in [3.05, 3.63) is 0 Å². The Morgan fingerprint density at radius 2 is 1.29 bits per heavy atom. The number of carbonyl (C=O) groups excluding carboxylic acids is 3. The number of aliphatic carboxylic acids is 2. The summed E-state index contributed by atoms with van der Waals surface area (Å²) >= 11 is 0. The number of aliphatic hydroxyl groups is 1. The first-order chi connectivity index (χ1) is 14.4. The largest absolute Gasteiger partial charge is 0.481 e. The number of carbonyl (C=O) groups is 5. The van der Waals surface area contributed by atoms with Crippen LogP contribution in [-0.4, -0.2) is 75.8 Å². The second-order valence-corrected chi connectivity index (χ2v) is 7.52. The Labute approximate surface area is 180 Å². The molecule has 3 amide bonds. The standard InChI is InChI=1S/C19H34N4O8/c1-5-9(3)14(20)18(29)21-11(7-13(25)26)16(27)22-12(8-24)17(28)23-15(19(30)31)10(4)6-2/h9-12,14-15,24H,5-8,20H2,1-4H3,(H,21,29)(H,22,27)(H,23,28)(H,25,26)(H,30,31). The van der Waals surface area contributed by atoms with E-state index in [-0.39, 0.29) is 5.92 Å². The van der Waals surface area contributed by atoms with Crippen molar-refractivity contribution in [2.24, 2.45) is 17.6 Å². The molecule has 0 heterocycles.